The van der Waals surface area contributed by atoms with E-state index in [9.17, 15) is 29.4 Å². The molecule has 3 atom stereocenters. The van der Waals surface area contributed by atoms with Crippen LogP contribution in [0.5, 0.6) is 11.8 Å². The molecule has 4 rings (SSSR count). The lowest BCUT2D eigenvalue weighted by atomic mass is 9.81. The number of carbonyl (C=O) groups excluding carboxylic acids is 4. The second-order valence-corrected chi connectivity index (χ2v) is 9.96. The van der Waals surface area contributed by atoms with Gasteiger partial charge in [0.15, 0.2) is 17.4 Å². The van der Waals surface area contributed by atoms with Crippen molar-refractivity contribution < 1.29 is 29.4 Å². The number of ketones is 2. The molecular weight excluding hydrogens is 486 g/mol. The van der Waals surface area contributed by atoms with Gasteiger partial charge in [-0.15, -0.1) is 0 Å². The van der Waals surface area contributed by atoms with E-state index in [-0.39, 0.29) is 47.9 Å². The Balaban J connectivity index is 1.46. The number of carbonyl (C=O) groups is 4. The van der Waals surface area contributed by atoms with E-state index in [4.69, 9.17) is 0 Å². The first-order chi connectivity index (χ1) is 18.2. The highest BCUT2D eigenvalue weighted by Crippen LogP contribution is 2.48. The van der Waals surface area contributed by atoms with Crippen molar-refractivity contribution in [3.05, 3.63) is 71.3 Å². The topological polar surface area (TPSA) is 138 Å². The van der Waals surface area contributed by atoms with E-state index < -0.39 is 29.7 Å². The molecule has 38 heavy (non-hydrogen) atoms. The number of Topliss-reactive ketones (excluding diaryl/α,β-unsaturated/α-hetero) is 1. The number of amides is 2. The number of allylic oxidation sites excluding steroid dienone is 4. The van der Waals surface area contributed by atoms with Crippen molar-refractivity contribution in [1.82, 2.24) is 15.2 Å². The fraction of sp³-hybridized carbons (Fsp3) is 0.379. The zero-order valence-corrected chi connectivity index (χ0v) is 21.5. The number of nitrogens with one attached hydrogen (secondary N) is 2. The number of nitrogens with zero attached hydrogens (tertiary/aromatic N) is 1. The number of rotatable bonds is 10. The zero-order chi connectivity index (χ0) is 27.4. The molecule has 2 amide bonds. The Hall–Kier alpha value is -4.14. The van der Waals surface area contributed by atoms with E-state index >= 15 is 0 Å². The fourth-order valence-corrected chi connectivity index (χ4v) is 4.90. The predicted octanol–water partition coefficient (Wildman–Crippen LogP) is 3.43. The first-order valence-corrected chi connectivity index (χ1v) is 12.9. The minimum absolute atomic E-state index is 0.0162. The molecule has 200 valence electrons. The van der Waals surface area contributed by atoms with Gasteiger partial charge in [-0.05, 0) is 43.7 Å². The zero-order valence-electron chi connectivity index (χ0n) is 21.5. The van der Waals surface area contributed by atoms with Gasteiger partial charge in [-0.3, -0.25) is 23.7 Å². The van der Waals surface area contributed by atoms with Crippen LogP contribution in [-0.4, -0.2) is 44.2 Å². The highest BCUT2D eigenvalue weighted by molar-refractivity contribution is 6.07. The first-order valence-electron chi connectivity index (χ1n) is 12.9. The van der Waals surface area contributed by atoms with Crippen LogP contribution in [0.2, 0.25) is 0 Å². The molecule has 0 aliphatic heterocycles. The smallest absolute Gasteiger partial charge is 0.228 e. The Morgan fingerprint density at radius 3 is 2.45 bits per heavy atom. The molecule has 4 N–H and O–H groups in total. The average Bonchev–Trinajstić information content (AvgIpc) is 3.67. The van der Waals surface area contributed by atoms with Crippen molar-refractivity contribution in [2.45, 2.75) is 64.1 Å². The third-order valence-electron chi connectivity index (χ3n) is 6.95. The Bertz CT molecular complexity index is 1290. The molecule has 2 aliphatic carbocycles. The van der Waals surface area contributed by atoms with Crippen LogP contribution >= 0.6 is 0 Å². The lowest BCUT2D eigenvalue weighted by molar-refractivity contribution is -0.127. The molecule has 9 nitrogen and oxygen atoms in total. The fourth-order valence-electron chi connectivity index (χ4n) is 4.90. The van der Waals surface area contributed by atoms with Gasteiger partial charge in [-0.1, -0.05) is 55.5 Å². The SMILES string of the molecule is CC=CC=CC(=O)CC(=O)N[C@@H](CC(=O)N[C@@H]1C(=O)c2c(c(O)n(C3CC3)c2O)CC1C)c1ccccc1. The summed E-state index contributed by atoms with van der Waals surface area (Å²) in [4.78, 5) is 51.1. The van der Waals surface area contributed by atoms with E-state index in [2.05, 4.69) is 10.6 Å². The summed E-state index contributed by atoms with van der Waals surface area (Å²) < 4.78 is 1.41. The maximum Gasteiger partial charge on any atom is 0.228 e. The number of aromatic hydroxyl groups is 2. The molecule has 1 aromatic heterocycles. The minimum Gasteiger partial charge on any atom is -0.494 e. The summed E-state index contributed by atoms with van der Waals surface area (Å²) in [6.45, 7) is 3.62. The summed E-state index contributed by atoms with van der Waals surface area (Å²) >= 11 is 0. The van der Waals surface area contributed by atoms with Crippen LogP contribution < -0.4 is 10.6 Å². The quantitative estimate of drug-likeness (QED) is 0.216. The molecule has 9 heteroatoms. The lowest BCUT2D eigenvalue weighted by Crippen LogP contribution is -2.49. The van der Waals surface area contributed by atoms with Crippen LogP contribution in [0.3, 0.4) is 0 Å². The van der Waals surface area contributed by atoms with Gasteiger partial charge in [-0.25, -0.2) is 0 Å². The van der Waals surface area contributed by atoms with Crippen LogP contribution in [0, 0.1) is 5.92 Å². The second kappa shape index (κ2) is 11.5. The first kappa shape index (κ1) is 26.9. The molecule has 0 radical (unpaired) electrons. The molecule has 1 saturated carbocycles. The van der Waals surface area contributed by atoms with Crippen molar-refractivity contribution in [1.29, 1.82) is 0 Å². The molecular formula is C29H33N3O6. The van der Waals surface area contributed by atoms with Gasteiger partial charge in [-0.2, -0.15) is 0 Å². The highest BCUT2D eigenvalue weighted by atomic mass is 16.3. The van der Waals surface area contributed by atoms with E-state index in [0.717, 1.165) is 12.8 Å². The monoisotopic (exact) mass is 519 g/mol. The van der Waals surface area contributed by atoms with Gasteiger partial charge >= 0.3 is 0 Å². The number of fused-ring (bicyclic) bond motifs is 1. The largest absolute Gasteiger partial charge is 0.494 e. The van der Waals surface area contributed by atoms with Crippen LogP contribution in [0.25, 0.3) is 0 Å². The van der Waals surface area contributed by atoms with Crippen molar-refractivity contribution >= 4 is 23.4 Å². The van der Waals surface area contributed by atoms with Crippen molar-refractivity contribution in [2.75, 3.05) is 0 Å². The van der Waals surface area contributed by atoms with Crippen molar-refractivity contribution in [3.63, 3.8) is 0 Å². The van der Waals surface area contributed by atoms with Gasteiger partial charge in [0.05, 0.1) is 30.5 Å². The Labute approximate surface area is 221 Å². The predicted molar refractivity (Wildman–Crippen MR) is 141 cm³/mol. The maximum atomic E-state index is 13.3. The van der Waals surface area contributed by atoms with Crippen LogP contribution in [0.1, 0.15) is 73.1 Å². The van der Waals surface area contributed by atoms with E-state index in [1.807, 2.05) is 13.0 Å². The standard InChI is InChI=1S/C29H33N3O6/c1-3-4-6-11-20(33)15-23(34)30-22(18-9-7-5-8-10-18)16-24(35)31-26-17(2)14-21-25(27(26)36)29(38)32(28(21)37)19-12-13-19/h3-11,17,19,22,26,37-38H,12-16H2,1-2H3,(H,30,34)(H,31,35)/t17?,22-,26-/m0/s1. The van der Waals surface area contributed by atoms with Gasteiger partial charge in [0, 0.05) is 11.6 Å². The van der Waals surface area contributed by atoms with Gasteiger partial charge in [0.1, 0.15) is 0 Å². The summed E-state index contributed by atoms with van der Waals surface area (Å²) in [6, 6.07) is 7.30. The van der Waals surface area contributed by atoms with Crippen LogP contribution in [0.4, 0.5) is 0 Å². The summed E-state index contributed by atoms with van der Waals surface area (Å²) in [5, 5.41) is 26.9. The van der Waals surface area contributed by atoms with Crippen LogP contribution in [-0.2, 0) is 20.8 Å². The molecule has 0 spiro atoms. The molecule has 1 fully saturated rings. The molecule has 2 aromatic rings. The Morgan fingerprint density at radius 2 is 1.79 bits per heavy atom. The lowest BCUT2D eigenvalue weighted by Gasteiger charge is -2.29. The summed E-state index contributed by atoms with van der Waals surface area (Å²) in [7, 11) is 0. The summed E-state index contributed by atoms with van der Waals surface area (Å²) in [6.07, 6.45) is 7.78. The molecule has 0 saturated heterocycles. The Morgan fingerprint density at radius 1 is 1.08 bits per heavy atom. The van der Waals surface area contributed by atoms with Crippen LogP contribution in [0.15, 0.2) is 54.6 Å². The highest BCUT2D eigenvalue weighted by Gasteiger charge is 2.43. The normalized spacial score (nSPS) is 19.9. The number of hydrogen-bond donors (Lipinski definition) is 4. The third kappa shape index (κ3) is 5.88. The van der Waals surface area contributed by atoms with Crippen molar-refractivity contribution in [3.8, 4) is 11.8 Å². The number of aromatic nitrogens is 1. The Kier molecular flexibility index (Phi) is 8.14. The van der Waals surface area contributed by atoms with E-state index in [1.165, 1.54) is 10.6 Å². The molecule has 0 bridgehead atoms. The number of benzene rings is 1. The van der Waals surface area contributed by atoms with Crippen molar-refractivity contribution in [2.24, 2.45) is 5.92 Å². The number of hydrogen-bond acceptors (Lipinski definition) is 6. The second-order valence-electron chi connectivity index (χ2n) is 9.96. The summed E-state index contributed by atoms with van der Waals surface area (Å²) in [5.74, 6) is -2.43. The maximum absolute atomic E-state index is 13.3. The van der Waals surface area contributed by atoms with E-state index in [1.54, 1.807) is 49.4 Å². The molecule has 1 heterocycles. The molecule has 1 unspecified atom stereocenters. The molecule has 2 aliphatic rings. The molecule has 1 aromatic carbocycles. The summed E-state index contributed by atoms with van der Waals surface area (Å²) in [5.41, 5.74) is 1.16. The van der Waals surface area contributed by atoms with Gasteiger partial charge in [0.25, 0.3) is 0 Å². The minimum atomic E-state index is -0.888. The third-order valence-corrected chi connectivity index (χ3v) is 6.95. The van der Waals surface area contributed by atoms with E-state index in [0.29, 0.717) is 17.5 Å². The van der Waals surface area contributed by atoms with Gasteiger partial charge < -0.3 is 20.8 Å². The average molecular weight is 520 g/mol. The van der Waals surface area contributed by atoms with Gasteiger partial charge in [0.2, 0.25) is 17.7 Å².